The number of benzene rings is 2. The molecular formula is C19H16F5N5O2S. The molecule has 13 heteroatoms. The molecule has 0 aliphatic heterocycles. The summed E-state index contributed by atoms with van der Waals surface area (Å²) in [6.07, 6.45) is -4.76. The standard InChI is InChI=1S/C19H16F5N5O2S/c20-12-1-5-14(6-2-12)27-17-11-16(19(22,23)24)28-18(29-17)25-9-10-26-32(30,31)15-7-3-13(21)4-8-15/h1-8,11,26H,9-10H2,(H2,25,27,28,29). The quantitative estimate of drug-likeness (QED) is 0.339. The molecule has 1 heterocycles. The van der Waals surface area contributed by atoms with Crippen molar-refractivity contribution in [2.45, 2.75) is 11.1 Å². The molecule has 0 amide bonds. The highest BCUT2D eigenvalue weighted by Gasteiger charge is 2.33. The number of alkyl halides is 3. The largest absolute Gasteiger partial charge is 0.433 e. The lowest BCUT2D eigenvalue weighted by Gasteiger charge is -2.13. The van der Waals surface area contributed by atoms with Crippen LogP contribution in [0.4, 0.5) is 39.4 Å². The van der Waals surface area contributed by atoms with Gasteiger partial charge >= 0.3 is 6.18 Å². The van der Waals surface area contributed by atoms with E-state index in [0.717, 1.165) is 36.4 Å². The lowest BCUT2D eigenvalue weighted by atomic mass is 10.3. The Balaban J connectivity index is 1.68. The van der Waals surface area contributed by atoms with E-state index in [1.54, 1.807) is 0 Å². The number of hydrogen-bond acceptors (Lipinski definition) is 6. The van der Waals surface area contributed by atoms with Crippen molar-refractivity contribution >= 4 is 27.5 Å². The summed E-state index contributed by atoms with van der Waals surface area (Å²) < 4.78 is 92.0. The van der Waals surface area contributed by atoms with Crippen LogP contribution in [0.1, 0.15) is 5.69 Å². The van der Waals surface area contributed by atoms with Crippen molar-refractivity contribution in [2.75, 3.05) is 23.7 Å². The highest BCUT2D eigenvalue weighted by Crippen LogP contribution is 2.30. The Bertz CT molecular complexity index is 1170. The monoisotopic (exact) mass is 473 g/mol. The van der Waals surface area contributed by atoms with E-state index in [0.29, 0.717) is 11.8 Å². The van der Waals surface area contributed by atoms with E-state index in [1.165, 1.54) is 12.1 Å². The summed E-state index contributed by atoms with van der Waals surface area (Å²) in [4.78, 5) is 7.15. The van der Waals surface area contributed by atoms with Crippen LogP contribution in [-0.2, 0) is 16.2 Å². The third-order valence-corrected chi connectivity index (χ3v) is 5.43. The molecule has 0 aliphatic rings. The third-order valence-electron chi connectivity index (χ3n) is 3.96. The molecule has 0 bridgehead atoms. The predicted molar refractivity (Wildman–Crippen MR) is 107 cm³/mol. The second-order valence-electron chi connectivity index (χ2n) is 6.37. The van der Waals surface area contributed by atoms with Crippen LogP contribution < -0.4 is 15.4 Å². The van der Waals surface area contributed by atoms with Crippen LogP contribution in [0.5, 0.6) is 0 Å². The van der Waals surface area contributed by atoms with Crippen LogP contribution in [0.3, 0.4) is 0 Å². The minimum absolute atomic E-state index is 0.141. The Morgan fingerprint density at radius 2 is 1.44 bits per heavy atom. The molecule has 3 N–H and O–H groups in total. The molecular weight excluding hydrogens is 457 g/mol. The minimum atomic E-state index is -4.76. The smallest absolute Gasteiger partial charge is 0.353 e. The molecule has 0 radical (unpaired) electrons. The van der Waals surface area contributed by atoms with Crippen LogP contribution in [0.2, 0.25) is 0 Å². The number of sulfonamides is 1. The van der Waals surface area contributed by atoms with Gasteiger partial charge in [-0.05, 0) is 48.5 Å². The first kappa shape index (κ1) is 23.3. The maximum absolute atomic E-state index is 13.2. The molecule has 0 atom stereocenters. The second-order valence-corrected chi connectivity index (χ2v) is 8.14. The van der Waals surface area contributed by atoms with Gasteiger partial charge in [0, 0.05) is 24.8 Å². The first-order chi connectivity index (χ1) is 15.0. The fourth-order valence-corrected chi connectivity index (χ4v) is 3.51. The maximum atomic E-state index is 13.2. The third kappa shape index (κ3) is 6.34. The number of halogens is 5. The molecule has 32 heavy (non-hydrogen) atoms. The van der Waals surface area contributed by atoms with Crippen molar-refractivity contribution in [3.8, 4) is 0 Å². The molecule has 170 valence electrons. The SMILES string of the molecule is O=S(=O)(NCCNc1nc(Nc2ccc(F)cc2)cc(C(F)(F)F)n1)c1ccc(F)cc1. The molecule has 2 aromatic carbocycles. The number of nitrogens with zero attached hydrogens (tertiary/aromatic N) is 2. The molecule has 0 unspecified atom stereocenters. The van der Waals surface area contributed by atoms with Crippen molar-refractivity contribution in [1.82, 2.24) is 14.7 Å². The molecule has 0 aliphatic carbocycles. The van der Waals surface area contributed by atoms with E-state index in [4.69, 9.17) is 0 Å². The summed E-state index contributed by atoms with van der Waals surface area (Å²) in [7, 11) is -3.94. The van der Waals surface area contributed by atoms with E-state index in [1.807, 2.05) is 0 Å². The average molecular weight is 473 g/mol. The maximum Gasteiger partial charge on any atom is 0.433 e. The minimum Gasteiger partial charge on any atom is -0.353 e. The van der Waals surface area contributed by atoms with Gasteiger partial charge in [0.1, 0.15) is 17.5 Å². The summed E-state index contributed by atoms with van der Waals surface area (Å²) in [6, 6.07) is 9.71. The molecule has 0 fully saturated rings. The Hall–Kier alpha value is -3.32. The van der Waals surface area contributed by atoms with Gasteiger partial charge in [0.25, 0.3) is 0 Å². The molecule has 1 aromatic heterocycles. The normalized spacial score (nSPS) is 11.9. The molecule has 0 saturated carbocycles. The lowest BCUT2D eigenvalue weighted by molar-refractivity contribution is -0.141. The second kappa shape index (κ2) is 9.44. The summed E-state index contributed by atoms with van der Waals surface area (Å²) in [5, 5.41) is 5.14. The zero-order valence-corrected chi connectivity index (χ0v) is 16.9. The van der Waals surface area contributed by atoms with Gasteiger partial charge in [0.2, 0.25) is 16.0 Å². The Labute approximate surface area is 179 Å². The zero-order valence-electron chi connectivity index (χ0n) is 16.1. The van der Waals surface area contributed by atoms with Crippen molar-refractivity contribution < 1.29 is 30.4 Å². The highest BCUT2D eigenvalue weighted by molar-refractivity contribution is 7.89. The van der Waals surface area contributed by atoms with Gasteiger partial charge in [-0.1, -0.05) is 0 Å². The zero-order chi connectivity index (χ0) is 23.4. The van der Waals surface area contributed by atoms with Gasteiger partial charge in [-0.25, -0.2) is 26.9 Å². The van der Waals surface area contributed by atoms with Gasteiger partial charge in [0.15, 0.2) is 5.69 Å². The Morgan fingerprint density at radius 1 is 0.844 bits per heavy atom. The van der Waals surface area contributed by atoms with E-state index in [9.17, 15) is 30.4 Å². The van der Waals surface area contributed by atoms with Crippen LogP contribution in [-0.4, -0.2) is 31.5 Å². The number of aromatic nitrogens is 2. The number of nitrogens with one attached hydrogen (secondary N) is 3. The van der Waals surface area contributed by atoms with Crippen LogP contribution in [0.15, 0.2) is 59.5 Å². The molecule has 7 nitrogen and oxygen atoms in total. The van der Waals surface area contributed by atoms with Gasteiger partial charge in [-0.2, -0.15) is 18.2 Å². The van der Waals surface area contributed by atoms with Crippen molar-refractivity contribution in [2.24, 2.45) is 0 Å². The van der Waals surface area contributed by atoms with Gasteiger partial charge < -0.3 is 10.6 Å². The highest BCUT2D eigenvalue weighted by atomic mass is 32.2. The summed E-state index contributed by atoms with van der Waals surface area (Å²) in [5.74, 6) is -1.71. The number of anilines is 3. The van der Waals surface area contributed by atoms with Crippen molar-refractivity contribution in [3.63, 3.8) is 0 Å². The van der Waals surface area contributed by atoms with Crippen LogP contribution in [0, 0.1) is 11.6 Å². The van der Waals surface area contributed by atoms with Crippen molar-refractivity contribution in [1.29, 1.82) is 0 Å². The Kier molecular flexibility index (Phi) is 6.89. The molecule has 0 saturated heterocycles. The van der Waals surface area contributed by atoms with E-state index < -0.39 is 39.5 Å². The predicted octanol–water partition coefficient (Wildman–Crippen LogP) is 3.91. The summed E-state index contributed by atoms with van der Waals surface area (Å²) in [6.45, 7) is -0.349. The molecule has 3 aromatic rings. The lowest BCUT2D eigenvalue weighted by Crippen LogP contribution is -2.29. The molecule has 0 spiro atoms. The first-order valence-electron chi connectivity index (χ1n) is 9.01. The first-order valence-corrected chi connectivity index (χ1v) is 10.5. The van der Waals surface area contributed by atoms with Crippen molar-refractivity contribution in [3.05, 3.63) is 71.9 Å². The fourth-order valence-electron chi connectivity index (χ4n) is 2.47. The average Bonchev–Trinajstić information content (AvgIpc) is 2.72. The summed E-state index contributed by atoms with van der Waals surface area (Å²) >= 11 is 0. The number of rotatable bonds is 8. The van der Waals surface area contributed by atoms with E-state index in [2.05, 4.69) is 25.3 Å². The molecule has 3 rings (SSSR count). The topological polar surface area (TPSA) is 96.0 Å². The van der Waals surface area contributed by atoms with Gasteiger partial charge in [-0.15, -0.1) is 0 Å². The van der Waals surface area contributed by atoms with E-state index in [-0.39, 0.29) is 23.8 Å². The van der Waals surface area contributed by atoms with Gasteiger partial charge in [0.05, 0.1) is 4.90 Å². The summed E-state index contributed by atoms with van der Waals surface area (Å²) in [5.41, 5.74) is -0.928. The van der Waals surface area contributed by atoms with E-state index >= 15 is 0 Å². The fraction of sp³-hybridized carbons (Fsp3) is 0.158. The van der Waals surface area contributed by atoms with Gasteiger partial charge in [-0.3, -0.25) is 0 Å². The number of hydrogen-bond donors (Lipinski definition) is 3. The van der Waals surface area contributed by atoms with Crippen LogP contribution >= 0.6 is 0 Å². The Morgan fingerprint density at radius 3 is 2.03 bits per heavy atom. The van der Waals surface area contributed by atoms with Crippen LogP contribution in [0.25, 0.3) is 0 Å².